The summed E-state index contributed by atoms with van der Waals surface area (Å²) in [6.07, 6.45) is 2.40. The molecule has 0 bridgehead atoms. The van der Waals surface area contributed by atoms with Crippen LogP contribution in [0.1, 0.15) is 25.8 Å². The Balaban J connectivity index is 1.88. The quantitative estimate of drug-likeness (QED) is 0.528. The second-order valence-corrected chi connectivity index (χ2v) is 6.87. The van der Waals surface area contributed by atoms with E-state index in [-0.39, 0.29) is 6.10 Å². The molecule has 29 heavy (non-hydrogen) atoms. The Morgan fingerprint density at radius 3 is 2.55 bits per heavy atom. The van der Waals surface area contributed by atoms with E-state index in [4.69, 9.17) is 4.74 Å². The Morgan fingerprint density at radius 1 is 1.03 bits per heavy atom. The summed E-state index contributed by atoms with van der Waals surface area (Å²) in [6, 6.07) is 18.6. The number of nitrogens with zero attached hydrogens (tertiary/aromatic N) is 2. The molecule has 146 valence electrons. The van der Waals surface area contributed by atoms with Crippen LogP contribution in [0.3, 0.4) is 0 Å². The summed E-state index contributed by atoms with van der Waals surface area (Å²) < 4.78 is 6.90. The van der Waals surface area contributed by atoms with E-state index >= 15 is 0 Å². The molecule has 6 heteroatoms. The Labute approximate surface area is 167 Å². The fourth-order valence-electron chi connectivity index (χ4n) is 3.19. The zero-order chi connectivity index (χ0) is 20.4. The van der Waals surface area contributed by atoms with Crippen LogP contribution in [0.2, 0.25) is 0 Å². The molecule has 0 spiro atoms. The molecule has 0 amide bonds. The number of aromatic nitrogens is 2. The van der Waals surface area contributed by atoms with E-state index in [0.717, 1.165) is 27.4 Å². The van der Waals surface area contributed by atoms with Crippen molar-refractivity contribution in [3.63, 3.8) is 0 Å². The summed E-state index contributed by atoms with van der Waals surface area (Å²) in [5.41, 5.74) is 0.155. The molecular formula is C23H21N3O3. The van der Waals surface area contributed by atoms with Crippen molar-refractivity contribution in [1.29, 1.82) is 0 Å². The van der Waals surface area contributed by atoms with Gasteiger partial charge in [-0.1, -0.05) is 49.4 Å². The highest BCUT2D eigenvalue weighted by Crippen LogP contribution is 2.27. The number of hydrogen-bond donors (Lipinski definition) is 1. The Morgan fingerprint density at radius 2 is 1.76 bits per heavy atom. The minimum atomic E-state index is -0.588. The number of nitrogens with one attached hydrogen (secondary N) is 1. The number of para-hydroxylation sites is 1. The molecular weight excluding hydrogens is 366 g/mol. The predicted molar refractivity (Wildman–Crippen MR) is 116 cm³/mol. The summed E-state index contributed by atoms with van der Waals surface area (Å²) in [5.74, 6) is 0.659. The van der Waals surface area contributed by atoms with Gasteiger partial charge in [0, 0.05) is 5.56 Å². The van der Waals surface area contributed by atoms with Crippen molar-refractivity contribution in [3.8, 4) is 5.75 Å². The first-order chi connectivity index (χ1) is 14.1. The van der Waals surface area contributed by atoms with Crippen LogP contribution in [-0.4, -0.2) is 22.0 Å². The molecule has 4 aromatic rings. The Bertz CT molecular complexity index is 1330. The lowest BCUT2D eigenvalue weighted by molar-refractivity contribution is 0.217. The van der Waals surface area contributed by atoms with Crippen LogP contribution in [0.4, 0.5) is 0 Å². The maximum Gasteiger partial charge on any atom is 0.349 e. The van der Waals surface area contributed by atoms with Crippen molar-refractivity contribution in [2.24, 2.45) is 5.10 Å². The molecule has 1 aromatic heterocycles. The van der Waals surface area contributed by atoms with E-state index in [1.165, 1.54) is 6.21 Å². The number of benzene rings is 3. The molecule has 0 aliphatic carbocycles. The van der Waals surface area contributed by atoms with Crippen LogP contribution < -0.4 is 16.0 Å². The van der Waals surface area contributed by atoms with Crippen molar-refractivity contribution in [3.05, 3.63) is 87.1 Å². The standard InChI is InChI=1S/C23H21N3O3/c1-3-15(2)29-21-13-12-16-8-4-5-9-17(16)19(21)14-24-26-22(27)18-10-6-7-11-20(18)25-23(26)28/h4-15H,3H2,1-2H3,(H,25,28)/t15-/m1/s1. The number of rotatable bonds is 5. The van der Waals surface area contributed by atoms with Crippen molar-refractivity contribution in [2.45, 2.75) is 26.4 Å². The van der Waals surface area contributed by atoms with Crippen LogP contribution >= 0.6 is 0 Å². The van der Waals surface area contributed by atoms with Crippen molar-refractivity contribution in [2.75, 3.05) is 0 Å². The third kappa shape index (κ3) is 3.57. The topological polar surface area (TPSA) is 76.5 Å². The number of ether oxygens (including phenoxy) is 1. The van der Waals surface area contributed by atoms with Gasteiger partial charge in [0.05, 0.1) is 23.2 Å². The van der Waals surface area contributed by atoms with E-state index in [1.807, 2.05) is 50.2 Å². The minimum Gasteiger partial charge on any atom is -0.490 e. The van der Waals surface area contributed by atoms with E-state index in [9.17, 15) is 9.59 Å². The molecule has 6 nitrogen and oxygen atoms in total. The lowest BCUT2D eigenvalue weighted by atomic mass is 10.0. The van der Waals surface area contributed by atoms with Gasteiger partial charge in [0.2, 0.25) is 0 Å². The number of aromatic amines is 1. The van der Waals surface area contributed by atoms with Gasteiger partial charge in [-0.15, -0.1) is 4.68 Å². The summed E-state index contributed by atoms with van der Waals surface area (Å²) in [7, 11) is 0. The van der Waals surface area contributed by atoms with Crippen LogP contribution in [0, 0.1) is 0 Å². The zero-order valence-electron chi connectivity index (χ0n) is 16.3. The number of hydrogen-bond acceptors (Lipinski definition) is 4. The molecule has 0 unspecified atom stereocenters. The van der Waals surface area contributed by atoms with Gasteiger partial charge < -0.3 is 9.72 Å². The third-order valence-electron chi connectivity index (χ3n) is 4.92. The number of H-pyrrole nitrogens is 1. The molecule has 0 radical (unpaired) electrons. The molecule has 0 aliphatic rings. The van der Waals surface area contributed by atoms with Crippen LogP contribution in [0.15, 0.2) is 75.4 Å². The number of fused-ring (bicyclic) bond motifs is 2. The normalized spacial score (nSPS) is 12.6. The molecule has 1 N–H and O–H groups in total. The molecule has 1 heterocycles. The monoisotopic (exact) mass is 387 g/mol. The first-order valence-corrected chi connectivity index (χ1v) is 9.55. The molecule has 0 aliphatic heterocycles. The first-order valence-electron chi connectivity index (χ1n) is 9.55. The largest absolute Gasteiger partial charge is 0.490 e. The third-order valence-corrected chi connectivity index (χ3v) is 4.92. The van der Waals surface area contributed by atoms with Gasteiger partial charge in [0.15, 0.2) is 0 Å². The molecule has 0 saturated heterocycles. The average Bonchev–Trinajstić information content (AvgIpc) is 2.74. The van der Waals surface area contributed by atoms with E-state index in [2.05, 4.69) is 10.1 Å². The van der Waals surface area contributed by atoms with E-state index in [1.54, 1.807) is 24.3 Å². The van der Waals surface area contributed by atoms with Crippen molar-refractivity contribution < 1.29 is 4.74 Å². The van der Waals surface area contributed by atoms with E-state index < -0.39 is 11.2 Å². The van der Waals surface area contributed by atoms with Crippen LogP contribution in [-0.2, 0) is 0 Å². The zero-order valence-corrected chi connectivity index (χ0v) is 16.3. The second kappa shape index (κ2) is 7.75. The molecule has 0 fully saturated rings. The van der Waals surface area contributed by atoms with Crippen LogP contribution in [0.25, 0.3) is 21.7 Å². The SMILES string of the molecule is CC[C@@H](C)Oc1ccc2ccccc2c1C=Nn1c(=O)[nH]c2ccccc2c1=O. The van der Waals surface area contributed by atoms with Gasteiger partial charge in [-0.05, 0) is 42.3 Å². The van der Waals surface area contributed by atoms with Gasteiger partial charge in [-0.3, -0.25) is 4.79 Å². The highest BCUT2D eigenvalue weighted by Gasteiger charge is 2.11. The highest BCUT2D eigenvalue weighted by atomic mass is 16.5. The maximum atomic E-state index is 12.7. The molecule has 3 aromatic carbocycles. The summed E-state index contributed by atoms with van der Waals surface area (Å²) in [4.78, 5) is 27.8. The molecule has 1 atom stereocenters. The predicted octanol–water partition coefficient (Wildman–Crippen LogP) is 3.90. The summed E-state index contributed by atoms with van der Waals surface area (Å²) in [5, 5.41) is 6.58. The minimum absolute atomic E-state index is 0.0232. The Kier molecular flexibility index (Phi) is 4.99. The van der Waals surface area contributed by atoms with Gasteiger partial charge in [-0.25, -0.2) is 4.79 Å². The van der Waals surface area contributed by atoms with Gasteiger partial charge >= 0.3 is 5.69 Å². The van der Waals surface area contributed by atoms with Crippen molar-refractivity contribution in [1.82, 2.24) is 9.66 Å². The fourth-order valence-corrected chi connectivity index (χ4v) is 3.19. The lowest BCUT2D eigenvalue weighted by Gasteiger charge is -2.16. The van der Waals surface area contributed by atoms with Crippen molar-refractivity contribution >= 4 is 27.9 Å². The van der Waals surface area contributed by atoms with Crippen LogP contribution in [0.5, 0.6) is 5.75 Å². The summed E-state index contributed by atoms with van der Waals surface area (Å²) >= 11 is 0. The average molecular weight is 387 g/mol. The smallest absolute Gasteiger partial charge is 0.349 e. The summed E-state index contributed by atoms with van der Waals surface area (Å²) in [6.45, 7) is 4.04. The second-order valence-electron chi connectivity index (χ2n) is 6.87. The lowest BCUT2D eigenvalue weighted by Crippen LogP contribution is -2.32. The van der Waals surface area contributed by atoms with E-state index in [0.29, 0.717) is 16.7 Å². The molecule has 4 rings (SSSR count). The Hall–Kier alpha value is -3.67. The maximum absolute atomic E-state index is 12.7. The highest BCUT2D eigenvalue weighted by molar-refractivity contribution is 6.02. The van der Waals surface area contributed by atoms with Gasteiger partial charge in [0.25, 0.3) is 5.56 Å². The fraction of sp³-hybridized carbons (Fsp3) is 0.174. The van der Waals surface area contributed by atoms with Gasteiger partial charge in [0.1, 0.15) is 5.75 Å². The van der Waals surface area contributed by atoms with Gasteiger partial charge in [-0.2, -0.15) is 5.10 Å². The first kappa shape index (κ1) is 18.7. The molecule has 0 saturated carbocycles.